The van der Waals surface area contributed by atoms with Gasteiger partial charge in [-0.05, 0) is 56.7 Å². The molecular formula is C29H30F3N7O6S. The Morgan fingerprint density at radius 3 is 2.54 bits per heavy atom. The van der Waals surface area contributed by atoms with E-state index in [1.54, 1.807) is 14.0 Å². The third-order valence-electron chi connectivity index (χ3n) is 6.86. The molecule has 0 spiro atoms. The zero-order valence-corrected chi connectivity index (χ0v) is 25.9. The van der Waals surface area contributed by atoms with Gasteiger partial charge >= 0.3 is 6.18 Å². The minimum absolute atomic E-state index is 0.0235. The van der Waals surface area contributed by atoms with E-state index in [0.717, 1.165) is 25.5 Å². The van der Waals surface area contributed by atoms with E-state index in [2.05, 4.69) is 25.1 Å². The van der Waals surface area contributed by atoms with Gasteiger partial charge in [-0.25, -0.2) is 18.1 Å². The number of sulfonamides is 1. The van der Waals surface area contributed by atoms with Crippen LogP contribution in [-0.4, -0.2) is 57.9 Å². The molecule has 2 heterocycles. The summed E-state index contributed by atoms with van der Waals surface area (Å²) in [7, 11) is -2.82. The molecule has 1 atom stereocenters. The number of benzene rings is 2. The molecule has 0 bridgehead atoms. The van der Waals surface area contributed by atoms with Crippen molar-refractivity contribution in [1.82, 2.24) is 24.5 Å². The lowest BCUT2D eigenvalue weighted by atomic mass is 10.0. The number of nitrogens with one attached hydrogen (secondary N) is 3. The summed E-state index contributed by atoms with van der Waals surface area (Å²) in [5.41, 5.74) is -3.94. The van der Waals surface area contributed by atoms with Crippen LogP contribution in [0.2, 0.25) is 0 Å². The Balaban J connectivity index is 1.62. The monoisotopic (exact) mass is 661 g/mol. The number of hydrogen-bond donors (Lipinski definition) is 4. The second-order valence-corrected chi connectivity index (χ2v) is 12.2. The van der Waals surface area contributed by atoms with Gasteiger partial charge in [-0.15, -0.1) is 0 Å². The van der Waals surface area contributed by atoms with Crippen molar-refractivity contribution in [3.8, 4) is 23.2 Å². The van der Waals surface area contributed by atoms with Gasteiger partial charge in [0, 0.05) is 19.3 Å². The van der Waals surface area contributed by atoms with Gasteiger partial charge in [0.15, 0.2) is 11.1 Å². The number of rotatable bonds is 11. The van der Waals surface area contributed by atoms with E-state index >= 15 is 0 Å². The maximum atomic E-state index is 13.3. The van der Waals surface area contributed by atoms with E-state index in [1.165, 1.54) is 29.0 Å². The highest BCUT2D eigenvalue weighted by Gasteiger charge is 2.36. The minimum Gasteiger partial charge on any atom is -0.493 e. The molecule has 0 saturated carbocycles. The molecule has 4 aromatic rings. The maximum Gasteiger partial charge on any atom is 0.417 e. The summed E-state index contributed by atoms with van der Waals surface area (Å²) >= 11 is 0. The summed E-state index contributed by atoms with van der Waals surface area (Å²) in [6.07, 6.45) is -3.60. The Labute approximate surface area is 261 Å². The van der Waals surface area contributed by atoms with Gasteiger partial charge in [-0.1, -0.05) is 13.3 Å². The Bertz CT molecular complexity index is 2010. The molecule has 2 aromatic carbocycles. The highest BCUT2D eigenvalue weighted by atomic mass is 32.2. The average molecular weight is 662 g/mol. The van der Waals surface area contributed by atoms with Crippen molar-refractivity contribution in [2.75, 3.05) is 18.5 Å². The summed E-state index contributed by atoms with van der Waals surface area (Å²) in [6.45, 7) is 3.96. The molecule has 0 aliphatic heterocycles. The molecular weight excluding hydrogens is 631 g/mol. The molecule has 4 N–H and O–H groups in total. The number of ether oxygens (including phenoxy) is 1. The van der Waals surface area contributed by atoms with Gasteiger partial charge in [0.1, 0.15) is 17.1 Å². The number of nitriles is 1. The van der Waals surface area contributed by atoms with Crippen LogP contribution >= 0.6 is 0 Å². The molecule has 1 unspecified atom stereocenters. The lowest BCUT2D eigenvalue weighted by molar-refractivity contribution is -0.138. The molecule has 4 rings (SSSR count). The largest absolute Gasteiger partial charge is 0.493 e. The first kappa shape index (κ1) is 34.1. The SMILES string of the molecule is CCCc1nn(C)c2c(=O)[nH]c(-c3cc(S(=O)(=O)NCC(C)(O)C(=O)Nc4ccc(C#N)c(C(F)(F)F)c4)ccc3OCC)nc12. The third-order valence-corrected chi connectivity index (χ3v) is 8.26. The number of aryl methyl sites for hydroxylation is 2. The number of aliphatic hydroxyl groups is 1. The number of alkyl halides is 3. The van der Waals surface area contributed by atoms with Crippen molar-refractivity contribution < 1.29 is 36.2 Å². The number of aromatic nitrogens is 4. The number of halogens is 3. The van der Waals surface area contributed by atoms with E-state index in [-0.39, 0.29) is 39.8 Å². The number of amides is 1. The van der Waals surface area contributed by atoms with Crippen molar-refractivity contribution in [2.45, 2.75) is 50.3 Å². The first-order valence-electron chi connectivity index (χ1n) is 13.9. The van der Waals surface area contributed by atoms with E-state index in [9.17, 15) is 36.3 Å². The Morgan fingerprint density at radius 2 is 1.91 bits per heavy atom. The van der Waals surface area contributed by atoms with Crippen LogP contribution in [0, 0.1) is 11.3 Å². The van der Waals surface area contributed by atoms with E-state index in [4.69, 9.17) is 10.00 Å². The topological polar surface area (TPSA) is 192 Å². The average Bonchev–Trinajstić information content (AvgIpc) is 3.31. The fourth-order valence-corrected chi connectivity index (χ4v) is 5.70. The summed E-state index contributed by atoms with van der Waals surface area (Å²) in [5.74, 6) is -0.970. The zero-order valence-electron chi connectivity index (χ0n) is 25.1. The molecule has 0 saturated heterocycles. The van der Waals surface area contributed by atoms with Crippen LogP contribution in [-0.2, 0) is 34.5 Å². The van der Waals surface area contributed by atoms with Crippen molar-refractivity contribution in [3.05, 3.63) is 63.6 Å². The summed E-state index contributed by atoms with van der Waals surface area (Å²) in [5, 5.41) is 26.2. The van der Waals surface area contributed by atoms with Crippen molar-refractivity contribution >= 4 is 32.7 Å². The van der Waals surface area contributed by atoms with Crippen LogP contribution in [0.4, 0.5) is 18.9 Å². The Morgan fingerprint density at radius 1 is 1.20 bits per heavy atom. The van der Waals surface area contributed by atoms with E-state index in [0.29, 0.717) is 23.7 Å². The number of carbonyl (C=O) groups is 1. The fourth-order valence-electron chi connectivity index (χ4n) is 4.54. The molecule has 13 nitrogen and oxygen atoms in total. The van der Waals surface area contributed by atoms with Crippen LogP contribution in [0.5, 0.6) is 5.75 Å². The lowest BCUT2D eigenvalue weighted by Gasteiger charge is -2.23. The quantitative estimate of drug-likeness (QED) is 0.187. The van der Waals surface area contributed by atoms with Crippen LogP contribution in [0.1, 0.15) is 44.0 Å². The highest BCUT2D eigenvalue weighted by molar-refractivity contribution is 7.89. The number of aromatic amines is 1. The van der Waals surface area contributed by atoms with Crippen LogP contribution < -0.4 is 20.3 Å². The van der Waals surface area contributed by atoms with E-state index in [1.807, 2.05) is 6.92 Å². The predicted molar refractivity (Wildman–Crippen MR) is 160 cm³/mol. The first-order chi connectivity index (χ1) is 21.5. The lowest BCUT2D eigenvalue weighted by Crippen LogP contribution is -2.49. The number of carbonyl (C=O) groups excluding carboxylic acids is 1. The second-order valence-electron chi connectivity index (χ2n) is 10.4. The maximum absolute atomic E-state index is 13.3. The van der Waals surface area contributed by atoms with Gasteiger partial charge in [0.25, 0.3) is 11.5 Å². The molecule has 17 heteroatoms. The van der Waals surface area contributed by atoms with Crippen LogP contribution in [0.15, 0.2) is 46.1 Å². The summed E-state index contributed by atoms with van der Waals surface area (Å²) in [4.78, 5) is 32.7. The van der Waals surface area contributed by atoms with Crippen molar-refractivity contribution in [2.24, 2.45) is 7.05 Å². The van der Waals surface area contributed by atoms with Gasteiger partial charge < -0.3 is 20.1 Å². The third kappa shape index (κ3) is 7.03. The van der Waals surface area contributed by atoms with Crippen molar-refractivity contribution in [1.29, 1.82) is 5.26 Å². The number of fused-ring (bicyclic) bond motifs is 1. The molecule has 244 valence electrons. The molecule has 0 aliphatic rings. The zero-order chi connectivity index (χ0) is 34.0. The first-order valence-corrected chi connectivity index (χ1v) is 15.4. The highest BCUT2D eigenvalue weighted by Crippen LogP contribution is 2.34. The van der Waals surface area contributed by atoms with Crippen molar-refractivity contribution in [3.63, 3.8) is 0 Å². The predicted octanol–water partition coefficient (Wildman–Crippen LogP) is 3.23. The Kier molecular flexibility index (Phi) is 9.56. The van der Waals surface area contributed by atoms with Gasteiger partial charge in [0.2, 0.25) is 10.0 Å². The normalized spacial score (nSPS) is 13.3. The number of H-pyrrole nitrogens is 1. The Hall–Kier alpha value is -4.79. The number of hydrogen-bond acceptors (Lipinski definition) is 9. The summed E-state index contributed by atoms with van der Waals surface area (Å²) < 4.78 is 75.8. The van der Waals surface area contributed by atoms with Crippen LogP contribution in [0.3, 0.4) is 0 Å². The summed E-state index contributed by atoms with van der Waals surface area (Å²) in [6, 6.07) is 7.63. The number of nitrogens with zero attached hydrogens (tertiary/aromatic N) is 4. The smallest absolute Gasteiger partial charge is 0.417 e. The molecule has 0 radical (unpaired) electrons. The van der Waals surface area contributed by atoms with Gasteiger partial charge in [-0.3, -0.25) is 14.3 Å². The van der Waals surface area contributed by atoms with E-state index < -0.39 is 50.9 Å². The standard InChI is InChI=1S/C29H30F3N7O6S/c1-5-7-21-23-24(39(4)38-21)26(40)37-25(36-23)19-13-18(10-11-22(19)45-6-2)46(43,44)34-15-28(3,42)27(41)35-17-9-8-16(14-33)20(12-17)29(30,31)32/h8-13,34,42H,5-7,15H2,1-4H3,(H,35,41)(H,36,37,40). The molecule has 2 aromatic heterocycles. The van der Waals surface area contributed by atoms with Gasteiger partial charge in [-0.2, -0.15) is 23.5 Å². The number of anilines is 1. The molecule has 1 amide bonds. The second kappa shape index (κ2) is 12.9. The van der Waals surface area contributed by atoms with Gasteiger partial charge in [0.05, 0.1) is 40.0 Å². The molecule has 0 fully saturated rings. The molecule has 0 aliphatic carbocycles. The fraction of sp³-hybridized carbons (Fsp3) is 0.345. The van der Waals surface area contributed by atoms with Crippen LogP contribution in [0.25, 0.3) is 22.4 Å². The minimum atomic E-state index is -4.88. The molecule has 46 heavy (non-hydrogen) atoms.